The molecule has 1 radical (unpaired) electrons. The van der Waals surface area contributed by atoms with Gasteiger partial charge in [0, 0.05) is 13.0 Å². The van der Waals surface area contributed by atoms with Crippen LogP contribution in [0.4, 0.5) is 0 Å². The summed E-state index contributed by atoms with van der Waals surface area (Å²) >= 11 is 0. The van der Waals surface area contributed by atoms with Crippen LogP contribution in [-0.2, 0) is 4.79 Å². The standard InChI is InChI=1S/C14H28NO/c1-3-5-6-7-8-9-10-11-12-13-14(16)15-4-2/h3-13H2,1-2H3. The Kier molecular flexibility index (Phi) is 12.1. The maximum atomic E-state index is 11.1. The Bertz CT molecular complexity index is 157. The fourth-order valence-electron chi connectivity index (χ4n) is 1.84. The zero-order valence-electron chi connectivity index (χ0n) is 11.1. The van der Waals surface area contributed by atoms with Crippen LogP contribution < -0.4 is 5.32 Å². The van der Waals surface area contributed by atoms with Gasteiger partial charge in [-0.25, -0.2) is 0 Å². The molecule has 0 aliphatic rings. The smallest absolute Gasteiger partial charge is 0.241 e. The van der Waals surface area contributed by atoms with Crippen molar-refractivity contribution in [2.75, 3.05) is 6.54 Å². The van der Waals surface area contributed by atoms with Crippen molar-refractivity contribution in [3.63, 3.8) is 0 Å². The van der Waals surface area contributed by atoms with Gasteiger partial charge in [0.1, 0.15) is 0 Å². The number of hydrogen-bond acceptors (Lipinski definition) is 1. The van der Waals surface area contributed by atoms with E-state index in [4.69, 9.17) is 0 Å². The third-order valence-electron chi connectivity index (χ3n) is 2.83. The molecule has 0 heterocycles. The summed E-state index contributed by atoms with van der Waals surface area (Å²) in [5.74, 6) is 0.0884. The number of unbranched alkanes of at least 4 members (excludes halogenated alkanes) is 8. The molecule has 0 saturated carbocycles. The average molecular weight is 226 g/mol. The van der Waals surface area contributed by atoms with E-state index in [-0.39, 0.29) is 5.91 Å². The maximum Gasteiger partial charge on any atom is 0.241 e. The Balaban J connectivity index is 3.01. The molecule has 2 heteroatoms. The lowest BCUT2D eigenvalue weighted by atomic mass is 10.1. The van der Waals surface area contributed by atoms with E-state index < -0.39 is 0 Å². The van der Waals surface area contributed by atoms with Crippen molar-refractivity contribution in [1.82, 2.24) is 5.32 Å². The highest BCUT2D eigenvalue weighted by Gasteiger charge is 1.99. The molecule has 0 bridgehead atoms. The van der Waals surface area contributed by atoms with E-state index in [1.807, 2.05) is 6.92 Å². The van der Waals surface area contributed by atoms with Gasteiger partial charge in [-0.1, -0.05) is 58.3 Å². The van der Waals surface area contributed by atoms with Crippen molar-refractivity contribution in [2.24, 2.45) is 0 Å². The van der Waals surface area contributed by atoms with Crippen LogP contribution in [0.1, 0.15) is 78.1 Å². The molecule has 0 aliphatic carbocycles. The van der Waals surface area contributed by atoms with Crippen LogP contribution in [0.2, 0.25) is 0 Å². The predicted octanol–water partition coefficient (Wildman–Crippen LogP) is 4.06. The van der Waals surface area contributed by atoms with Gasteiger partial charge in [0.2, 0.25) is 5.91 Å². The van der Waals surface area contributed by atoms with Gasteiger partial charge in [0.15, 0.2) is 0 Å². The summed E-state index contributed by atoms with van der Waals surface area (Å²) in [6, 6.07) is 0. The summed E-state index contributed by atoms with van der Waals surface area (Å²) in [5.41, 5.74) is 0. The van der Waals surface area contributed by atoms with Gasteiger partial charge in [-0.05, 0) is 13.3 Å². The van der Waals surface area contributed by atoms with Gasteiger partial charge in [0.25, 0.3) is 0 Å². The van der Waals surface area contributed by atoms with E-state index >= 15 is 0 Å². The number of rotatable bonds is 11. The zero-order chi connectivity index (χ0) is 12.1. The molecule has 0 N–H and O–H groups in total. The molecule has 1 amide bonds. The van der Waals surface area contributed by atoms with Crippen molar-refractivity contribution in [1.29, 1.82) is 0 Å². The second kappa shape index (κ2) is 12.5. The van der Waals surface area contributed by atoms with Gasteiger partial charge >= 0.3 is 0 Å². The molecule has 2 nitrogen and oxygen atoms in total. The third kappa shape index (κ3) is 11.5. The third-order valence-corrected chi connectivity index (χ3v) is 2.83. The molecule has 0 unspecified atom stereocenters. The molecule has 0 rings (SSSR count). The van der Waals surface area contributed by atoms with Crippen molar-refractivity contribution >= 4 is 5.91 Å². The first-order chi connectivity index (χ1) is 7.81. The molecule has 0 aromatic carbocycles. The molecule has 0 atom stereocenters. The molecule has 0 aliphatic heterocycles. The molecule has 0 aromatic rings. The fraction of sp³-hybridized carbons (Fsp3) is 0.929. The normalized spacial score (nSPS) is 10.4. The highest BCUT2D eigenvalue weighted by Crippen LogP contribution is 2.10. The Morgan fingerprint density at radius 3 is 1.81 bits per heavy atom. The van der Waals surface area contributed by atoms with Crippen molar-refractivity contribution in [2.45, 2.75) is 78.1 Å². The highest BCUT2D eigenvalue weighted by molar-refractivity contribution is 5.75. The number of amides is 1. The van der Waals surface area contributed by atoms with Crippen molar-refractivity contribution in [3.05, 3.63) is 0 Å². The summed E-state index contributed by atoms with van der Waals surface area (Å²) in [4.78, 5) is 11.1. The van der Waals surface area contributed by atoms with E-state index in [9.17, 15) is 4.79 Å². The molecule has 0 spiro atoms. The Morgan fingerprint density at radius 2 is 1.31 bits per heavy atom. The number of nitrogens with zero attached hydrogens (tertiary/aromatic N) is 1. The van der Waals surface area contributed by atoms with Gasteiger partial charge in [-0.2, -0.15) is 0 Å². The maximum absolute atomic E-state index is 11.1. The summed E-state index contributed by atoms with van der Waals surface area (Å²) in [5, 5.41) is 3.85. The molecule has 16 heavy (non-hydrogen) atoms. The Labute approximate surface area is 101 Å². The van der Waals surface area contributed by atoms with Crippen molar-refractivity contribution in [3.8, 4) is 0 Å². The van der Waals surface area contributed by atoms with Crippen LogP contribution in [0.3, 0.4) is 0 Å². The lowest BCUT2D eigenvalue weighted by Crippen LogP contribution is -2.14. The molecular weight excluding hydrogens is 198 g/mol. The van der Waals surface area contributed by atoms with Crippen LogP contribution in [0.15, 0.2) is 0 Å². The van der Waals surface area contributed by atoms with E-state index in [1.54, 1.807) is 0 Å². The SMILES string of the molecule is CCCCCCCCCCCC(=O)[N]CC. The van der Waals surface area contributed by atoms with Crippen LogP contribution in [0.25, 0.3) is 0 Å². The summed E-state index contributed by atoms with van der Waals surface area (Å²) in [6.45, 7) is 4.79. The van der Waals surface area contributed by atoms with E-state index in [0.717, 1.165) is 6.42 Å². The topological polar surface area (TPSA) is 31.2 Å². The number of hydrogen-bond donors (Lipinski definition) is 0. The lowest BCUT2D eigenvalue weighted by molar-refractivity contribution is -0.121. The second-order valence-electron chi connectivity index (χ2n) is 4.45. The van der Waals surface area contributed by atoms with Gasteiger partial charge < -0.3 is 0 Å². The lowest BCUT2D eigenvalue weighted by Gasteiger charge is -2.01. The van der Waals surface area contributed by atoms with Gasteiger partial charge in [-0.15, -0.1) is 0 Å². The minimum atomic E-state index is 0.0884. The van der Waals surface area contributed by atoms with Crippen molar-refractivity contribution < 1.29 is 4.79 Å². The summed E-state index contributed by atoms with van der Waals surface area (Å²) in [7, 11) is 0. The highest BCUT2D eigenvalue weighted by atomic mass is 16.1. The fourth-order valence-corrected chi connectivity index (χ4v) is 1.84. The Hall–Kier alpha value is -0.530. The number of carbonyl (C=O) groups is 1. The molecule has 0 saturated heterocycles. The zero-order valence-corrected chi connectivity index (χ0v) is 11.1. The van der Waals surface area contributed by atoms with Crippen LogP contribution in [0.5, 0.6) is 0 Å². The second-order valence-corrected chi connectivity index (χ2v) is 4.45. The summed E-state index contributed by atoms with van der Waals surface area (Å²) in [6.07, 6.45) is 12.3. The first kappa shape index (κ1) is 15.5. The predicted molar refractivity (Wildman–Crippen MR) is 69.5 cm³/mol. The number of carbonyl (C=O) groups excluding carboxylic acids is 1. The first-order valence-electron chi connectivity index (χ1n) is 7.01. The summed E-state index contributed by atoms with van der Waals surface area (Å²) < 4.78 is 0. The van der Waals surface area contributed by atoms with E-state index in [1.165, 1.54) is 51.4 Å². The first-order valence-corrected chi connectivity index (χ1v) is 7.01. The monoisotopic (exact) mass is 226 g/mol. The van der Waals surface area contributed by atoms with Crippen LogP contribution in [0, 0.1) is 0 Å². The molecule has 0 aromatic heterocycles. The van der Waals surface area contributed by atoms with Gasteiger partial charge in [-0.3, -0.25) is 10.1 Å². The van der Waals surface area contributed by atoms with E-state index in [0.29, 0.717) is 13.0 Å². The molecular formula is C14H28NO. The Morgan fingerprint density at radius 1 is 0.812 bits per heavy atom. The van der Waals surface area contributed by atoms with Crippen LogP contribution in [-0.4, -0.2) is 12.5 Å². The minimum absolute atomic E-state index is 0.0884. The quantitative estimate of drug-likeness (QED) is 0.489. The molecule has 95 valence electrons. The van der Waals surface area contributed by atoms with Crippen LogP contribution >= 0.6 is 0 Å². The average Bonchev–Trinajstić information content (AvgIpc) is 2.27. The largest absolute Gasteiger partial charge is 0.273 e. The minimum Gasteiger partial charge on any atom is -0.273 e. The molecule has 0 fully saturated rings. The van der Waals surface area contributed by atoms with Gasteiger partial charge in [0.05, 0.1) is 0 Å². The van der Waals surface area contributed by atoms with E-state index in [2.05, 4.69) is 12.2 Å².